The fraction of sp³-hybridized carbons (Fsp3) is 0. The van der Waals surface area contributed by atoms with Crippen molar-refractivity contribution in [1.29, 1.82) is 0 Å². The minimum atomic E-state index is -0.581. The van der Waals surface area contributed by atoms with Crippen LogP contribution in [0.5, 0.6) is 5.75 Å². The Labute approximate surface area is 109 Å². The molecule has 1 amide bonds. The highest BCUT2D eigenvalue weighted by atomic mass is 35.5. The van der Waals surface area contributed by atoms with Crippen LogP contribution in [0, 0.1) is 0 Å². The largest absolute Gasteiger partial charge is 0.417 e. The molecule has 2 aromatic rings. The van der Waals surface area contributed by atoms with E-state index in [-0.39, 0.29) is 0 Å². The Morgan fingerprint density at radius 2 is 1.89 bits per heavy atom. The van der Waals surface area contributed by atoms with Gasteiger partial charge in [-0.1, -0.05) is 17.7 Å². The lowest BCUT2D eigenvalue weighted by atomic mass is 10.3. The van der Waals surface area contributed by atoms with Crippen LogP contribution in [0.25, 0.3) is 0 Å². The third-order valence-corrected chi connectivity index (χ3v) is 2.41. The number of hydrogen-bond donors (Lipinski definition) is 2. The minimum Gasteiger partial charge on any atom is -0.410 e. The van der Waals surface area contributed by atoms with E-state index in [0.29, 0.717) is 22.1 Å². The molecule has 5 heteroatoms. The Morgan fingerprint density at radius 1 is 1.17 bits per heavy atom. The van der Waals surface area contributed by atoms with Gasteiger partial charge in [0.05, 0.1) is 0 Å². The summed E-state index contributed by atoms with van der Waals surface area (Å²) in [5.74, 6) is 0.417. The van der Waals surface area contributed by atoms with Crippen molar-refractivity contribution in [1.82, 2.24) is 0 Å². The molecule has 0 aliphatic carbocycles. The smallest absolute Gasteiger partial charge is 0.410 e. The van der Waals surface area contributed by atoms with E-state index in [1.807, 2.05) is 0 Å². The second-order valence-corrected chi connectivity index (χ2v) is 4.03. The van der Waals surface area contributed by atoms with Gasteiger partial charge in [-0.25, -0.2) is 4.79 Å². The lowest BCUT2D eigenvalue weighted by Crippen LogP contribution is -2.16. The molecular weight excluding hydrogens is 252 g/mol. The van der Waals surface area contributed by atoms with Gasteiger partial charge in [0.15, 0.2) is 0 Å². The van der Waals surface area contributed by atoms with E-state index in [0.717, 1.165) is 0 Å². The van der Waals surface area contributed by atoms with E-state index >= 15 is 0 Å². The number of hydrogen-bond acceptors (Lipinski definition) is 3. The molecule has 18 heavy (non-hydrogen) atoms. The summed E-state index contributed by atoms with van der Waals surface area (Å²) < 4.78 is 5.06. The molecule has 2 rings (SSSR count). The van der Waals surface area contributed by atoms with Crippen molar-refractivity contribution in [2.75, 3.05) is 11.1 Å². The Hall–Kier alpha value is -2.20. The molecule has 0 aromatic heterocycles. The maximum absolute atomic E-state index is 11.6. The maximum Gasteiger partial charge on any atom is 0.417 e. The molecule has 4 nitrogen and oxygen atoms in total. The summed E-state index contributed by atoms with van der Waals surface area (Å²) in [5.41, 5.74) is 6.74. The van der Waals surface area contributed by atoms with Crippen molar-refractivity contribution >= 4 is 29.1 Å². The Morgan fingerprint density at radius 3 is 2.56 bits per heavy atom. The second-order valence-electron chi connectivity index (χ2n) is 3.59. The van der Waals surface area contributed by atoms with Gasteiger partial charge in [0.1, 0.15) is 5.75 Å². The third kappa shape index (κ3) is 3.40. The first-order valence-corrected chi connectivity index (χ1v) is 5.61. The zero-order valence-electron chi connectivity index (χ0n) is 9.39. The fourth-order valence-electron chi connectivity index (χ4n) is 1.37. The summed E-state index contributed by atoms with van der Waals surface area (Å²) in [7, 11) is 0. The average Bonchev–Trinajstić information content (AvgIpc) is 2.32. The van der Waals surface area contributed by atoms with Crippen molar-refractivity contribution in [2.45, 2.75) is 0 Å². The Bertz CT molecular complexity index is 555. The number of nitrogens with two attached hydrogens (primary N) is 1. The van der Waals surface area contributed by atoms with Crippen LogP contribution in [0.15, 0.2) is 48.5 Å². The molecule has 0 bridgehead atoms. The topological polar surface area (TPSA) is 64.3 Å². The molecule has 0 saturated carbocycles. The zero-order chi connectivity index (χ0) is 13.0. The molecule has 0 fully saturated rings. The number of nitrogen functional groups attached to an aromatic ring is 1. The molecular formula is C13H11ClN2O2. The van der Waals surface area contributed by atoms with Crippen LogP contribution in [0.1, 0.15) is 0 Å². The van der Waals surface area contributed by atoms with Crippen molar-refractivity contribution in [3.8, 4) is 5.75 Å². The first-order chi connectivity index (χ1) is 8.63. The van der Waals surface area contributed by atoms with Crippen molar-refractivity contribution in [3.05, 3.63) is 53.6 Å². The van der Waals surface area contributed by atoms with Gasteiger partial charge in [-0.2, -0.15) is 0 Å². The van der Waals surface area contributed by atoms with E-state index in [1.165, 1.54) is 0 Å². The Kier molecular flexibility index (Phi) is 3.69. The third-order valence-electron chi connectivity index (χ3n) is 2.16. The van der Waals surface area contributed by atoms with Gasteiger partial charge in [-0.3, -0.25) is 5.32 Å². The lowest BCUT2D eigenvalue weighted by Gasteiger charge is -2.07. The van der Waals surface area contributed by atoms with Crippen LogP contribution < -0.4 is 15.8 Å². The van der Waals surface area contributed by atoms with E-state index in [1.54, 1.807) is 48.5 Å². The van der Waals surface area contributed by atoms with Crippen LogP contribution in [-0.4, -0.2) is 6.09 Å². The first-order valence-electron chi connectivity index (χ1n) is 5.23. The molecule has 0 atom stereocenters. The number of amides is 1. The summed E-state index contributed by atoms with van der Waals surface area (Å²) in [6.45, 7) is 0. The summed E-state index contributed by atoms with van der Waals surface area (Å²) in [6, 6.07) is 13.4. The number of ether oxygens (including phenoxy) is 1. The maximum atomic E-state index is 11.6. The molecule has 3 N–H and O–H groups in total. The van der Waals surface area contributed by atoms with Gasteiger partial charge >= 0.3 is 6.09 Å². The summed E-state index contributed by atoms with van der Waals surface area (Å²) in [5, 5.41) is 3.15. The second kappa shape index (κ2) is 5.42. The number of nitrogens with one attached hydrogen (secondary N) is 1. The van der Waals surface area contributed by atoms with E-state index in [9.17, 15) is 4.79 Å². The molecule has 0 saturated heterocycles. The van der Waals surface area contributed by atoms with E-state index in [4.69, 9.17) is 22.1 Å². The highest BCUT2D eigenvalue weighted by Gasteiger charge is 2.05. The quantitative estimate of drug-likeness (QED) is 0.814. The number of anilines is 2. The number of halogens is 1. The van der Waals surface area contributed by atoms with Crippen LogP contribution >= 0.6 is 11.6 Å². The molecule has 0 heterocycles. The van der Waals surface area contributed by atoms with Gasteiger partial charge in [0.25, 0.3) is 0 Å². The first kappa shape index (κ1) is 12.3. The Balaban J connectivity index is 1.98. The van der Waals surface area contributed by atoms with Crippen molar-refractivity contribution < 1.29 is 9.53 Å². The predicted molar refractivity (Wildman–Crippen MR) is 72.0 cm³/mol. The van der Waals surface area contributed by atoms with Gasteiger partial charge in [-0.15, -0.1) is 0 Å². The zero-order valence-corrected chi connectivity index (χ0v) is 10.1. The number of benzene rings is 2. The fourth-order valence-corrected chi connectivity index (χ4v) is 1.50. The molecule has 0 unspecified atom stereocenters. The van der Waals surface area contributed by atoms with Crippen LogP contribution in [0.2, 0.25) is 5.02 Å². The van der Waals surface area contributed by atoms with E-state index < -0.39 is 6.09 Å². The highest BCUT2D eigenvalue weighted by molar-refractivity contribution is 6.30. The van der Waals surface area contributed by atoms with Gasteiger partial charge in [0, 0.05) is 16.4 Å². The van der Waals surface area contributed by atoms with Crippen molar-refractivity contribution in [3.63, 3.8) is 0 Å². The molecule has 0 radical (unpaired) electrons. The minimum absolute atomic E-state index is 0.417. The van der Waals surface area contributed by atoms with Crippen LogP contribution in [-0.2, 0) is 0 Å². The van der Waals surface area contributed by atoms with Crippen LogP contribution in [0.4, 0.5) is 16.2 Å². The summed E-state index contributed by atoms with van der Waals surface area (Å²) >= 11 is 5.73. The van der Waals surface area contributed by atoms with E-state index in [2.05, 4.69) is 5.32 Å². The normalized spacial score (nSPS) is 9.83. The van der Waals surface area contributed by atoms with Crippen molar-refractivity contribution in [2.24, 2.45) is 0 Å². The molecule has 0 spiro atoms. The standard InChI is InChI=1S/C13H11ClN2O2/c14-9-4-6-12(7-5-9)18-13(17)16-11-3-1-2-10(15)8-11/h1-8H,15H2,(H,16,17). The predicted octanol–water partition coefficient (Wildman–Crippen LogP) is 3.53. The molecule has 92 valence electrons. The molecule has 2 aromatic carbocycles. The summed E-state index contributed by atoms with van der Waals surface area (Å²) in [4.78, 5) is 11.6. The average molecular weight is 263 g/mol. The van der Waals surface area contributed by atoms with Gasteiger partial charge < -0.3 is 10.5 Å². The van der Waals surface area contributed by atoms with Gasteiger partial charge in [-0.05, 0) is 42.5 Å². The lowest BCUT2D eigenvalue weighted by molar-refractivity contribution is 0.215. The number of carbonyl (C=O) groups excluding carboxylic acids is 1. The van der Waals surface area contributed by atoms with Gasteiger partial charge in [0.2, 0.25) is 0 Å². The van der Waals surface area contributed by atoms with Crippen LogP contribution in [0.3, 0.4) is 0 Å². The number of carbonyl (C=O) groups is 1. The highest BCUT2D eigenvalue weighted by Crippen LogP contribution is 2.17. The SMILES string of the molecule is Nc1cccc(NC(=O)Oc2ccc(Cl)cc2)c1. The number of rotatable bonds is 2. The molecule has 0 aliphatic rings. The summed E-state index contributed by atoms with van der Waals surface area (Å²) in [6.07, 6.45) is -0.581. The molecule has 0 aliphatic heterocycles. The monoisotopic (exact) mass is 262 g/mol.